The number of hydrogen-bond acceptors (Lipinski definition) is 4. The number of rotatable bonds is 4. The fraction of sp³-hybridized carbons (Fsp3) is 0.625. The average molecular weight is 265 g/mol. The second-order valence-corrected chi connectivity index (χ2v) is 4.56. The van der Waals surface area contributed by atoms with E-state index in [1.165, 1.54) is 11.3 Å². The molecule has 0 aromatic carbocycles. The van der Waals surface area contributed by atoms with Crippen molar-refractivity contribution in [1.29, 1.82) is 0 Å². The lowest BCUT2D eigenvalue weighted by atomic mass is 9.97. The van der Waals surface area contributed by atoms with Crippen LogP contribution in [0.5, 0.6) is 0 Å². The molecule has 3 nitrogen and oxygen atoms in total. The van der Waals surface area contributed by atoms with Gasteiger partial charge in [0.25, 0.3) is 0 Å². The quantitative estimate of drug-likeness (QED) is 0.873. The summed E-state index contributed by atoms with van der Waals surface area (Å²) >= 11 is 4.73. The molecule has 0 saturated carbocycles. The van der Waals surface area contributed by atoms with Crippen LogP contribution in [0.3, 0.4) is 0 Å². The van der Waals surface area contributed by atoms with E-state index >= 15 is 0 Å². The molecule has 0 aliphatic heterocycles. The van der Waals surface area contributed by atoms with Gasteiger partial charge in [-0.25, -0.2) is 4.98 Å². The molecule has 0 bridgehead atoms. The topological polar surface area (TPSA) is 59.1 Å². The average Bonchev–Trinajstić information content (AvgIpc) is 2.52. The lowest BCUT2D eigenvalue weighted by Gasteiger charge is -2.24. The van der Waals surface area contributed by atoms with Gasteiger partial charge in [0.1, 0.15) is 10.2 Å². The van der Waals surface area contributed by atoms with Gasteiger partial charge in [-0.05, 0) is 22.4 Å². The first-order valence-electron chi connectivity index (χ1n) is 4.16. The highest BCUT2D eigenvalue weighted by Crippen LogP contribution is 2.33. The Kier molecular flexibility index (Phi) is 3.85. The van der Waals surface area contributed by atoms with E-state index in [1.807, 2.05) is 6.92 Å². The van der Waals surface area contributed by atoms with E-state index in [1.54, 1.807) is 5.51 Å². The summed E-state index contributed by atoms with van der Waals surface area (Å²) < 4.78 is 0.707. The molecule has 13 heavy (non-hydrogen) atoms. The Balaban J connectivity index is 2.95. The van der Waals surface area contributed by atoms with Gasteiger partial charge in [-0.2, -0.15) is 0 Å². The normalized spacial score (nSPS) is 15.7. The molecule has 0 aliphatic carbocycles. The summed E-state index contributed by atoms with van der Waals surface area (Å²) in [4.78, 5) is 4.86. The number of aliphatic hydroxyl groups is 1. The molecular formula is C8H13BrN2OS. The highest BCUT2D eigenvalue weighted by atomic mass is 79.9. The van der Waals surface area contributed by atoms with Gasteiger partial charge in [0, 0.05) is 6.54 Å². The molecule has 0 radical (unpaired) electrons. The van der Waals surface area contributed by atoms with Crippen molar-refractivity contribution in [2.45, 2.75) is 25.4 Å². The monoisotopic (exact) mass is 264 g/mol. The molecule has 74 valence electrons. The molecule has 0 saturated heterocycles. The Labute approximate surface area is 90.1 Å². The summed E-state index contributed by atoms with van der Waals surface area (Å²) in [6, 6.07) is 0. The van der Waals surface area contributed by atoms with Crippen LogP contribution in [0.15, 0.2) is 10.1 Å². The molecule has 0 amide bonds. The summed E-state index contributed by atoms with van der Waals surface area (Å²) in [5, 5.41) is 10.2. The molecule has 1 atom stereocenters. The SMILES string of the molecule is CCCC(O)(CN)c1scnc1Br. The van der Waals surface area contributed by atoms with E-state index in [4.69, 9.17) is 5.73 Å². The third kappa shape index (κ3) is 2.28. The van der Waals surface area contributed by atoms with E-state index < -0.39 is 5.60 Å². The lowest BCUT2D eigenvalue weighted by molar-refractivity contribution is 0.0387. The zero-order valence-corrected chi connectivity index (χ0v) is 9.86. The maximum absolute atomic E-state index is 10.2. The predicted molar refractivity (Wildman–Crippen MR) is 57.7 cm³/mol. The molecule has 1 unspecified atom stereocenters. The van der Waals surface area contributed by atoms with E-state index in [-0.39, 0.29) is 6.54 Å². The van der Waals surface area contributed by atoms with Gasteiger partial charge in [-0.1, -0.05) is 13.3 Å². The number of thiazole rings is 1. The molecule has 0 fully saturated rings. The summed E-state index contributed by atoms with van der Waals surface area (Å²) in [7, 11) is 0. The first kappa shape index (κ1) is 11.1. The standard InChI is InChI=1S/C8H13BrN2OS/c1-2-3-8(12,4-10)6-7(9)11-5-13-6/h5,12H,2-4,10H2,1H3. The van der Waals surface area contributed by atoms with Crippen molar-refractivity contribution in [3.8, 4) is 0 Å². The summed E-state index contributed by atoms with van der Waals surface area (Å²) in [5.74, 6) is 0. The van der Waals surface area contributed by atoms with Gasteiger partial charge < -0.3 is 10.8 Å². The van der Waals surface area contributed by atoms with Crippen LogP contribution in [0.4, 0.5) is 0 Å². The zero-order chi connectivity index (χ0) is 9.90. The molecule has 0 spiro atoms. The second-order valence-electron chi connectivity index (χ2n) is 2.96. The largest absolute Gasteiger partial charge is 0.383 e. The summed E-state index contributed by atoms with van der Waals surface area (Å²) in [5.41, 5.74) is 6.36. The minimum atomic E-state index is -0.908. The predicted octanol–water partition coefficient (Wildman–Crippen LogP) is 1.85. The first-order valence-corrected chi connectivity index (χ1v) is 5.83. The molecule has 1 heterocycles. The van der Waals surface area contributed by atoms with Crippen LogP contribution in [0, 0.1) is 0 Å². The van der Waals surface area contributed by atoms with Gasteiger partial charge in [0.15, 0.2) is 0 Å². The van der Waals surface area contributed by atoms with E-state index in [2.05, 4.69) is 20.9 Å². The second kappa shape index (κ2) is 4.50. The third-order valence-corrected chi connectivity index (χ3v) is 3.83. The van der Waals surface area contributed by atoms with E-state index in [0.29, 0.717) is 11.0 Å². The van der Waals surface area contributed by atoms with E-state index in [0.717, 1.165) is 11.3 Å². The van der Waals surface area contributed by atoms with Gasteiger partial charge in [-0.15, -0.1) is 11.3 Å². The highest BCUT2D eigenvalue weighted by Gasteiger charge is 2.30. The molecular weight excluding hydrogens is 252 g/mol. The van der Waals surface area contributed by atoms with Crippen LogP contribution in [-0.4, -0.2) is 16.6 Å². The smallest absolute Gasteiger partial charge is 0.123 e. The van der Waals surface area contributed by atoms with Gasteiger partial charge in [-0.3, -0.25) is 0 Å². The third-order valence-electron chi connectivity index (χ3n) is 1.95. The molecule has 1 aromatic heterocycles. The number of halogens is 1. The molecule has 3 N–H and O–H groups in total. The van der Waals surface area contributed by atoms with Crippen molar-refractivity contribution < 1.29 is 5.11 Å². The maximum atomic E-state index is 10.2. The van der Waals surface area contributed by atoms with Crippen LogP contribution in [-0.2, 0) is 5.60 Å². The first-order chi connectivity index (χ1) is 6.14. The minimum absolute atomic E-state index is 0.238. The summed E-state index contributed by atoms with van der Waals surface area (Å²) in [6.07, 6.45) is 1.57. The van der Waals surface area contributed by atoms with Crippen molar-refractivity contribution in [1.82, 2.24) is 4.98 Å². The van der Waals surface area contributed by atoms with Crippen molar-refractivity contribution in [3.05, 3.63) is 15.0 Å². The van der Waals surface area contributed by atoms with Gasteiger partial charge in [0.2, 0.25) is 0 Å². The van der Waals surface area contributed by atoms with Crippen LogP contribution in [0.1, 0.15) is 24.6 Å². The zero-order valence-electron chi connectivity index (χ0n) is 7.46. The van der Waals surface area contributed by atoms with Crippen molar-refractivity contribution in [2.75, 3.05) is 6.54 Å². The maximum Gasteiger partial charge on any atom is 0.123 e. The fourth-order valence-corrected chi connectivity index (χ4v) is 2.96. The number of aromatic nitrogens is 1. The van der Waals surface area contributed by atoms with Crippen molar-refractivity contribution in [3.63, 3.8) is 0 Å². The Morgan fingerprint density at radius 2 is 2.46 bits per heavy atom. The Hall–Kier alpha value is 0.0300. The number of hydrogen-bond donors (Lipinski definition) is 2. The van der Waals surface area contributed by atoms with Crippen LogP contribution < -0.4 is 5.73 Å². The van der Waals surface area contributed by atoms with Crippen LogP contribution in [0.25, 0.3) is 0 Å². The van der Waals surface area contributed by atoms with Crippen molar-refractivity contribution >= 4 is 27.3 Å². The van der Waals surface area contributed by atoms with Crippen molar-refractivity contribution in [2.24, 2.45) is 5.73 Å². The Bertz CT molecular complexity index is 279. The Morgan fingerprint density at radius 3 is 2.85 bits per heavy atom. The minimum Gasteiger partial charge on any atom is -0.383 e. The molecule has 5 heteroatoms. The summed E-state index contributed by atoms with van der Waals surface area (Å²) in [6.45, 7) is 2.26. The number of nitrogens with zero attached hydrogens (tertiary/aromatic N) is 1. The molecule has 1 rings (SSSR count). The Morgan fingerprint density at radius 1 is 1.77 bits per heavy atom. The van der Waals surface area contributed by atoms with Crippen LogP contribution in [0.2, 0.25) is 0 Å². The fourth-order valence-electron chi connectivity index (χ4n) is 1.26. The number of nitrogens with two attached hydrogens (primary N) is 1. The van der Waals surface area contributed by atoms with Gasteiger partial charge >= 0.3 is 0 Å². The van der Waals surface area contributed by atoms with Crippen LogP contribution >= 0.6 is 27.3 Å². The van der Waals surface area contributed by atoms with Gasteiger partial charge in [0.05, 0.1) is 10.4 Å². The lowest BCUT2D eigenvalue weighted by Crippen LogP contribution is -2.34. The van der Waals surface area contributed by atoms with E-state index in [9.17, 15) is 5.11 Å². The molecule has 1 aromatic rings. The highest BCUT2D eigenvalue weighted by molar-refractivity contribution is 9.10. The molecule has 0 aliphatic rings.